The third-order valence-electron chi connectivity index (χ3n) is 4.55. The van der Waals surface area contributed by atoms with Gasteiger partial charge in [-0.3, -0.25) is 4.79 Å². The molecule has 0 atom stereocenters. The molecule has 0 fully saturated rings. The minimum absolute atomic E-state index is 0.228. The number of fused-ring (bicyclic) bond motifs is 3. The van der Waals surface area contributed by atoms with E-state index in [2.05, 4.69) is 29.3 Å². The highest BCUT2D eigenvalue weighted by molar-refractivity contribution is 7.98. The van der Waals surface area contributed by atoms with Crippen LogP contribution in [0.15, 0.2) is 64.4 Å². The Balaban J connectivity index is 1.82. The summed E-state index contributed by atoms with van der Waals surface area (Å²) >= 11 is 1.63. The van der Waals surface area contributed by atoms with Crippen molar-refractivity contribution in [2.45, 2.75) is 23.6 Å². The third kappa shape index (κ3) is 2.88. The second-order valence-electron chi connectivity index (χ2n) is 6.06. The van der Waals surface area contributed by atoms with E-state index in [-0.39, 0.29) is 11.1 Å². The summed E-state index contributed by atoms with van der Waals surface area (Å²) in [6, 6.07) is 20.4. The van der Waals surface area contributed by atoms with E-state index in [4.69, 9.17) is 0 Å². The smallest absolute Gasteiger partial charge is 0.267 e. The van der Waals surface area contributed by atoms with Crippen molar-refractivity contribution in [3.8, 4) is 17.2 Å². The molecule has 0 radical (unpaired) electrons. The van der Waals surface area contributed by atoms with E-state index in [0.717, 1.165) is 40.3 Å². The minimum atomic E-state index is -0.298. The molecule has 25 heavy (non-hydrogen) atoms. The van der Waals surface area contributed by atoms with Gasteiger partial charge in [0.1, 0.15) is 11.6 Å². The number of aryl methyl sites for hydroxylation is 1. The van der Waals surface area contributed by atoms with Crippen molar-refractivity contribution in [1.29, 1.82) is 5.26 Å². The molecule has 0 amide bonds. The van der Waals surface area contributed by atoms with Crippen LogP contribution in [0, 0.1) is 11.3 Å². The third-order valence-corrected chi connectivity index (χ3v) is 5.66. The number of nitriles is 1. The Kier molecular flexibility index (Phi) is 4.17. The summed E-state index contributed by atoms with van der Waals surface area (Å²) in [6.07, 6.45) is 1.77. The second kappa shape index (κ2) is 6.62. The van der Waals surface area contributed by atoms with Crippen LogP contribution >= 0.6 is 11.8 Å². The Hall–Kier alpha value is -2.77. The fourth-order valence-corrected chi connectivity index (χ4v) is 4.40. The number of pyridine rings is 1. The van der Waals surface area contributed by atoms with Crippen LogP contribution in [0.2, 0.25) is 0 Å². The number of nitrogens with one attached hydrogen (secondary N) is 1. The molecule has 4 rings (SSSR count). The molecule has 0 saturated carbocycles. The summed E-state index contributed by atoms with van der Waals surface area (Å²) in [6.45, 7) is 0. The van der Waals surface area contributed by atoms with Gasteiger partial charge in [0, 0.05) is 11.3 Å². The lowest BCUT2D eigenvalue weighted by Crippen LogP contribution is -2.19. The number of H-pyrrole nitrogens is 1. The molecule has 1 aliphatic rings. The molecule has 1 aliphatic carbocycles. The normalized spacial score (nSPS) is 12.1. The average Bonchev–Trinajstić information content (AvgIpc) is 2.66. The zero-order chi connectivity index (χ0) is 17.2. The molecule has 1 N–H and O–H groups in total. The number of nitrogens with zero attached hydrogens (tertiary/aromatic N) is 1. The van der Waals surface area contributed by atoms with Crippen molar-refractivity contribution in [3.05, 3.63) is 87.2 Å². The van der Waals surface area contributed by atoms with Crippen molar-refractivity contribution in [1.82, 2.24) is 4.98 Å². The molecule has 0 unspecified atom stereocenters. The topological polar surface area (TPSA) is 56.6 Å². The first-order valence-corrected chi connectivity index (χ1v) is 9.20. The molecular weight excluding hydrogens is 328 g/mol. The Morgan fingerprint density at radius 2 is 1.80 bits per heavy atom. The quantitative estimate of drug-likeness (QED) is 0.721. The standard InChI is InChI=1S/C21H16N2OS/c22-12-18-19-16-9-5-4-8-15(16)10-11-17(19)21(23-20(18)24)25-13-14-6-2-1-3-7-14/h1-9H,10-11,13H2,(H,23,24). The Labute approximate surface area is 150 Å². The molecule has 0 aliphatic heterocycles. The number of benzene rings is 2. The van der Waals surface area contributed by atoms with Crippen LogP contribution in [-0.4, -0.2) is 4.98 Å². The number of aromatic amines is 1. The summed E-state index contributed by atoms with van der Waals surface area (Å²) in [5.74, 6) is 0.788. The van der Waals surface area contributed by atoms with Gasteiger partial charge in [-0.15, -0.1) is 11.8 Å². The number of hydrogen-bond acceptors (Lipinski definition) is 3. The maximum absolute atomic E-state index is 12.5. The maximum Gasteiger partial charge on any atom is 0.267 e. The first kappa shape index (κ1) is 15.7. The predicted molar refractivity (Wildman–Crippen MR) is 101 cm³/mol. The first-order chi connectivity index (χ1) is 12.3. The lowest BCUT2D eigenvalue weighted by molar-refractivity contribution is 0.874. The Bertz CT molecular complexity index is 1030. The fourth-order valence-electron chi connectivity index (χ4n) is 3.36. The van der Waals surface area contributed by atoms with E-state index in [1.165, 1.54) is 11.1 Å². The number of aromatic nitrogens is 1. The highest BCUT2D eigenvalue weighted by Gasteiger charge is 2.24. The van der Waals surface area contributed by atoms with E-state index in [0.29, 0.717) is 0 Å². The van der Waals surface area contributed by atoms with Crippen molar-refractivity contribution < 1.29 is 0 Å². The fraction of sp³-hybridized carbons (Fsp3) is 0.143. The van der Waals surface area contributed by atoms with Gasteiger partial charge in [-0.25, -0.2) is 0 Å². The van der Waals surface area contributed by atoms with Crippen LogP contribution < -0.4 is 5.56 Å². The van der Waals surface area contributed by atoms with E-state index in [9.17, 15) is 10.1 Å². The van der Waals surface area contributed by atoms with Crippen LogP contribution in [0.25, 0.3) is 11.1 Å². The maximum atomic E-state index is 12.5. The van der Waals surface area contributed by atoms with Crippen molar-refractivity contribution in [2.24, 2.45) is 0 Å². The average molecular weight is 344 g/mol. The zero-order valence-corrected chi connectivity index (χ0v) is 14.4. The summed E-state index contributed by atoms with van der Waals surface area (Å²) in [5, 5.41) is 10.4. The van der Waals surface area contributed by atoms with Crippen LogP contribution in [0.5, 0.6) is 0 Å². The summed E-state index contributed by atoms with van der Waals surface area (Å²) in [7, 11) is 0. The molecule has 3 nitrogen and oxygen atoms in total. The van der Waals surface area contributed by atoms with Gasteiger partial charge >= 0.3 is 0 Å². The molecule has 3 aromatic rings. The van der Waals surface area contributed by atoms with Crippen molar-refractivity contribution in [3.63, 3.8) is 0 Å². The van der Waals surface area contributed by atoms with Gasteiger partial charge in [0.25, 0.3) is 5.56 Å². The van der Waals surface area contributed by atoms with Crippen molar-refractivity contribution >= 4 is 11.8 Å². The molecule has 1 heterocycles. The highest BCUT2D eigenvalue weighted by Crippen LogP contribution is 2.38. The number of rotatable bonds is 3. The van der Waals surface area contributed by atoms with Crippen LogP contribution in [-0.2, 0) is 18.6 Å². The van der Waals surface area contributed by atoms with Crippen LogP contribution in [0.3, 0.4) is 0 Å². The number of thioether (sulfide) groups is 1. The SMILES string of the molecule is N#Cc1c2c(c(SCc3ccccc3)[nH]c1=O)CCc1ccccc1-2. The molecule has 2 aromatic carbocycles. The van der Waals surface area contributed by atoms with Crippen LogP contribution in [0.4, 0.5) is 0 Å². The van der Waals surface area contributed by atoms with Gasteiger partial charge in [0.05, 0.1) is 5.03 Å². The molecule has 0 saturated heterocycles. The Morgan fingerprint density at radius 3 is 2.60 bits per heavy atom. The molecule has 122 valence electrons. The molecule has 0 spiro atoms. The van der Waals surface area contributed by atoms with Gasteiger partial charge < -0.3 is 4.98 Å². The van der Waals surface area contributed by atoms with Crippen LogP contribution in [0.1, 0.15) is 22.3 Å². The van der Waals surface area contributed by atoms with Gasteiger partial charge in [-0.1, -0.05) is 54.6 Å². The van der Waals surface area contributed by atoms with E-state index in [1.54, 1.807) is 11.8 Å². The first-order valence-electron chi connectivity index (χ1n) is 8.22. The predicted octanol–water partition coefficient (Wildman–Crippen LogP) is 4.30. The molecule has 1 aromatic heterocycles. The monoisotopic (exact) mass is 344 g/mol. The van der Waals surface area contributed by atoms with Gasteiger partial charge in [0.15, 0.2) is 0 Å². The van der Waals surface area contributed by atoms with Gasteiger partial charge in [0.2, 0.25) is 0 Å². The van der Waals surface area contributed by atoms with E-state index in [1.807, 2.05) is 36.4 Å². The number of hydrogen-bond donors (Lipinski definition) is 1. The van der Waals surface area contributed by atoms with E-state index < -0.39 is 0 Å². The second-order valence-corrected chi connectivity index (χ2v) is 7.04. The Morgan fingerprint density at radius 1 is 1.04 bits per heavy atom. The van der Waals surface area contributed by atoms with Gasteiger partial charge in [-0.05, 0) is 35.1 Å². The van der Waals surface area contributed by atoms with E-state index >= 15 is 0 Å². The molecular formula is C21H16N2OS. The summed E-state index contributed by atoms with van der Waals surface area (Å²) in [5.41, 5.74) is 5.28. The van der Waals surface area contributed by atoms with Gasteiger partial charge in [-0.2, -0.15) is 5.26 Å². The summed E-state index contributed by atoms with van der Waals surface area (Å²) < 4.78 is 0. The lowest BCUT2D eigenvalue weighted by atomic mass is 9.84. The molecule has 4 heteroatoms. The summed E-state index contributed by atoms with van der Waals surface area (Å²) in [4.78, 5) is 15.4. The molecule has 0 bridgehead atoms. The minimum Gasteiger partial charge on any atom is -0.316 e. The lowest BCUT2D eigenvalue weighted by Gasteiger charge is -2.22. The highest BCUT2D eigenvalue weighted by atomic mass is 32.2. The largest absolute Gasteiger partial charge is 0.316 e. The zero-order valence-electron chi connectivity index (χ0n) is 13.6. The van der Waals surface area contributed by atoms with Crippen molar-refractivity contribution in [2.75, 3.05) is 0 Å².